The van der Waals surface area contributed by atoms with Crippen LogP contribution in [0, 0.1) is 6.92 Å². The number of amides is 1. The fourth-order valence-electron chi connectivity index (χ4n) is 3.49. The number of halogens is 1. The van der Waals surface area contributed by atoms with E-state index in [-0.39, 0.29) is 11.9 Å². The van der Waals surface area contributed by atoms with E-state index in [1.165, 1.54) is 11.1 Å². The molecule has 4 nitrogen and oxygen atoms in total. The van der Waals surface area contributed by atoms with Crippen molar-refractivity contribution in [3.63, 3.8) is 0 Å². The van der Waals surface area contributed by atoms with E-state index >= 15 is 0 Å². The van der Waals surface area contributed by atoms with E-state index in [1.807, 2.05) is 55.5 Å². The van der Waals surface area contributed by atoms with Gasteiger partial charge in [-0.2, -0.15) is 0 Å². The molecule has 0 spiro atoms. The normalized spacial score (nSPS) is 12.1. The third-order valence-electron chi connectivity index (χ3n) is 5.12. The van der Waals surface area contributed by atoms with Gasteiger partial charge in [0.25, 0.3) is 5.91 Å². The summed E-state index contributed by atoms with van der Waals surface area (Å²) in [5.41, 5.74) is 5.10. The van der Waals surface area contributed by atoms with Crippen molar-refractivity contribution in [1.29, 1.82) is 0 Å². The standard InChI is InChI=1S/C24H22BrN3O/c1-16-7-3-4-8-19(16)15-28-22-10-6-5-9-21(22)27-23(28)17(2)26-24(29)18-11-13-20(25)14-12-18/h3-14,17H,15H2,1-2H3,(H,26,29). The van der Waals surface area contributed by atoms with Gasteiger partial charge in [0.1, 0.15) is 5.82 Å². The number of benzene rings is 3. The van der Waals surface area contributed by atoms with Gasteiger partial charge < -0.3 is 9.88 Å². The Hall–Kier alpha value is -2.92. The molecular formula is C24H22BrN3O. The third kappa shape index (κ3) is 4.10. The van der Waals surface area contributed by atoms with Crippen LogP contribution in [0.4, 0.5) is 0 Å². The molecule has 1 heterocycles. The number of para-hydroxylation sites is 2. The molecule has 1 atom stereocenters. The van der Waals surface area contributed by atoms with Crippen LogP contribution < -0.4 is 5.32 Å². The van der Waals surface area contributed by atoms with Gasteiger partial charge in [-0.3, -0.25) is 4.79 Å². The molecule has 4 aromatic rings. The quantitative estimate of drug-likeness (QED) is 0.429. The predicted octanol–water partition coefficient (Wildman–Crippen LogP) is 5.65. The van der Waals surface area contributed by atoms with Gasteiger partial charge in [0.2, 0.25) is 0 Å². The Bertz CT molecular complexity index is 1160. The van der Waals surface area contributed by atoms with Crippen molar-refractivity contribution in [2.24, 2.45) is 0 Å². The average Bonchev–Trinajstić information content (AvgIpc) is 3.09. The maximum absolute atomic E-state index is 12.7. The fraction of sp³-hybridized carbons (Fsp3) is 0.167. The van der Waals surface area contributed by atoms with Crippen molar-refractivity contribution >= 4 is 32.9 Å². The van der Waals surface area contributed by atoms with Crippen LogP contribution in [0.25, 0.3) is 11.0 Å². The Morgan fingerprint density at radius 3 is 2.48 bits per heavy atom. The highest BCUT2D eigenvalue weighted by molar-refractivity contribution is 9.10. The Kier molecular flexibility index (Phi) is 5.49. The van der Waals surface area contributed by atoms with Crippen molar-refractivity contribution in [2.45, 2.75) is 26.4 Å². The van der Waals surface area contributed by atoms with Crippen LogP contribution >= 0.6 is 15.9 Å². The van der Waals surface area contributed by atoms with E-state index in [1.54, 1.807) is 0 Å². The first-order chi connectivity index (χ1) is 14.0. The number of hydrogen-bond acceptors (Lipinski definition) is 2. The molecule has 29 heavy (non-hydrogen) atoms. The summed E-state index contributed by atoms with van der Waals surface area (Å²) in [5, 5.41) is 3.10. The number of aromatic nitrogens is 2. The summed E-state index contributed by atoms with van der Waals surface area (Å²) in [7, 11) is 0. The summed E-state index contributed by atoms with van der Waals surface area (Å²) in [4.78, 5) is 17.6. The average molecular weight is 448 g/mol. The van der Waals surface area contributed by atoms with Gasteiger partial charge in [0.05, 0.1) is 17.1 Å². The lowest BCUT2D eigenvalue weighted by molar-refractivity contribution is 0.0937. The van der Waals surface area contributed by atoms with Gasteiger partial charge in [0.15, 0.2) is 0 Å². The maximum atomic E-state index is 12.7. The lowest BCUT2D eigenvalue weighted by Crippen LogP contribution is -2.28. The van der Waals surface area contributed by atoms with Crippen LogP contribution in [0.1, 0.15) is 40.3 Å². The first-order valence-electron chi connectivity index (χ1n) is 9.59. The second kappa shape index (κ2) is 8.21. The van der Waals surface area contributed by atoms with Crippen molar-refractivity contribution in [3.05, 3.63) is 99.8 Å². The molecule has 1 unspecified atom stereocenters. The van der Waals surface area contributed by atoms with Crippen molar-refractivity contribution in [1.82, 2.24) is 14.9 Å². The number of hydrogen-bond donors (Lipinski definition) is 1. The minimum absolute atomic E-state index is 0.112. The third-order valence-corrected chi connectivity index (χ3v) is 5.64. The molecule has 0 saturated heterocycles. The molecular weight excluding hydrogens is 426 g/mol. The van der Waals surface area contributed by atoms with E-state index in [2.05, 4.69) is 57.0 Å². The Morgan fingerprint density at radius 1 is 1.03 bits per heavy atom. The number of nitrogens with zero attached hydrogens (tertiary/aromatic N) is 2. The lowest BCUT2D eigenvalue weighted by atomic mass is 10.1. The van der Waals surface area contributed by atoms with E-state index in [0.717, 1.165) is 21.3 Å². The summed E-state index contributed by atoms with van der Waals surface area (Å²) in [6.07, 6.45) is 0. The molecule has 5 heteroatoms. The van der Waals surface area contributed by atoms with Crippen molar-refractivity contribution in [3.8, 4) is 0 Å². The molecule has 0 aliphatic rings. The first-order valence-corrected chi connectivity index (χ1v) is 10.4. The number of rotatable bonds is 5. The molecule has 4 rings (SSSR count). The topological polar surface area (TPSA) is 46.9 Å². The molecule has 0 aliphatic heterocycles. The van der Waals surface area contributed by atoms with Gasteiger partial charge in [-0.1, -0.05) is 52.3 Å². The highest BCUT2D eigenvalue weighted by Crippen LogP contribution is 2.23. The zero-order valence-electron chi connectivity index (χ0n) is 16.4. The summed E-state index contributed by atoms with van der Waals surface area (Å²) >= 11 is 3.40. The smallest absolute Gasteiger partial charge is 0.251 e. The summed E-state index contributed by atoms with van der Waals surface area (Å²) < 4.78 is 3.15. The van der Waals surface area contributed by atoms with E-state index in [4.69, 9.17) is 4.98 Å². The molecule has 1 aromatic heterocycles. The highest BCUT2D eigenvalue weighted by atomic mass is 79.9. The predicted molar refractivity (Wildman–Crippen MR) is 120 cm³/mol. The molecule has 146 valence electrons. The van der Waals surface area contributed by atoms with Crippen LogP contribution in [-0.4, -0.2) is 15.5 Å². The molecule has 3 aromatic carbocycles. The first kappa shape index (κ1) is 19.4. The van der Waals surface area contributed by atoms with Crippen molar-refractivity contribution < 1.29 is 4.79 Å². The molecule has 0 saturated carbocycles. The van der Waals surface area contributed by atoms with Gasteiger partial charge >= 0.3 is 0 Å². The molecule has 0 fully saturated rings. The van der Waals surface area contributed by atoms with Crippen LogP contribution in [0.15, 0.2) is 77.3 Å². The maximum Gasteiger partial charge on any atom is 0.251 e. The number of aryl methyl sites for hydroxylation is 1. The van der Waals surface area contributed by atoms with Gasteiger partial charge in [0, 0.05) is 16.6 Å². The Morgan fingerprint density at radius 2 is 1.72 bits per heavy atom. The largest absolute Gasteiger partial charge is 0.342 e. The van der Waals surface area contributed by atoms with Crippen LogP contribution in [0.3, 0.4) is 0 Å². The van der Waals surface area contributed by atoms with Crippen LogP contribution in [0.5, 0.6) is 0 Å². The molecule has 0 aliphatic carbocycles. The van der Waals surface area contributed by atoms with Crippen molar-refractivity contribution in [2.75, 3.05) is 0 Å². The highest BCUT2D eigenvalue weighted by Gasteiger charge is 2.19. The second-order valence-corrected chi connectivity index (χ2v) is 8.09. The lowest BCUT2D eigenvalue weighted by Gasteiger charge is -2.17. The minimum Gasteiger partial charge on any atom is -0.342 e. The number of fused-ring (bicyclic) bond motifs is 1. The number of carbonyl (C=O) groups is 1. The molecule has 0 bridgehead atoms. The molecule has 1 N–H and O–H groups in total. The van der Waals surface area contributed by atoms with Crippen LogP contribution in [0.2, 0.25) is 0 Å². The zero-order chi connectivity index (χ0) is 20.4. The fourth-order valence-corrected chi connectivity index (χ4v) is 3.76. The van der Waals surface area contributed by atoms with E-state index < -0.39 is 0 Å². The molecule has 1 amide bonds. The SMILES string of the molecule is Cc1ccccc1Cn1c(C(C)NC(=O)c2ccc(Br)cc2)nc2ccccc21. The number of imidazole rings is 1. The number of nitrogens with one attached hydrogen (secondary N) is 1. The zero-order valence-corrected chi connectivity index (χ0v) is 18.0. The summed E-state index contributed by atoms with van der Waals surface area (Å²) in [5.74, 6) is 0.736. The van der Waals surface area contributed by atoms with Gasteiger partial charge in [-0.25, -0.2) is 4.98 Å². The Balaban J connectivity index is 1.68. The van der Waals surface area contributed by atoms with Gasteiger partial charge in [-0.05, 0) is 61.4 Å². The van der Waals surface area contributed by atoms with Gasteiger partial charge in [-0.15, -0.1) is 0 Å². The van der Waals surface area contributed by atoms with E-state index in [9.17, 15) is 4.79 Å². The monoisotopic (exact) mass is 447 g/mol. The number of carbonyl (C=O) groups excluding carboxylic acids is 1. The van der Waals surface area contributed by atoms with E-state index in [0.29, 0.717) is 12.1 Å². The summed E-state index contributed by atoms with van der Waals surface area (Å²) in [6.45, 7) is 4.81. The summed E-state index contributed by atoms with van der Waals surface area (Å²) in [6, 6.07) is 23.6. The molecule has 0 radical (unpaired) electrons. The Labute approximate surface area is 178 Å². The minimum atomic E-state index is -0.234. The second-order valence-electron chi connectivity index (χ2n) is 7.17. The van der Waals surface area contributed by atoms with Crippen LogP contribution in [-0.2, 0) is 6.54 Å².